The van der Waals surface area contributed by atoms with Gasteiger partial charge in [0.15, 0.2) is 0 Å². The Morgan fingerprint density at radius 2 is 1.85 bits per heavy atom. The number of rotatable bonds is 3. The van der Waals surface area contributed by atoms with Crippen LogP contribution < -0.4 is 11.2 Å². The van der Waals surface area contributed by atoms with Crippen LogP contribution in [0.2, 0.25) is 0 Å². The maximum absolute atomic E-state index is 14.4. The van der Waals surface area contributed by atoms with Crippen LogP contribution in [0.3, 0.4) is 0 Å². The molecular formula is C18H18F2N2O4. The molecule has 0 radical (unpaired) electrons. The van der Waals surface area contributed by atoms with Crippen LogP contribution in [0.25, 0.3) is 5.69 Å². The van der Waals surface area contributed by atoms with Crippen LogP contribution in [-0.2, 0) is 24.6 Å². The number of halogens is 2. The highest BCUT2D eigenvalue weighted by Crippen LogP contribution is 2.21. The van der Waals surface area contributed by atoms with Crippen LogP contribution in [0.5, 0.6) is 0 Å². The molecule has 1 aliphatic carbocycles. The molecule has 1 aromatic heterocycles. The lowest BCUT2D eigenvalue weighted by atomic mass is 10.1. The molecule has 0 amide bonds. The average Bonchev–Trinajstić information content (AvgIpc) is 3.04. The Morgan fingerprint density at radius 3 is 2.50 bits per heavy atom. The van der Waals surface area contributed by atoms with Crippen molar-refractivity contribution in [3.63, 3.8) is 0 Å². The maximum atomic E-state index is 14.4. The first-order chi connectivity index (χ1) is 12.2. The Labute approximate surface area is 147 Å². The lowest BCUT2D eigenvalue weighted by Crippen LogP contribution is -2.41. The molecule has 0 unspecified atom stereocenters. The Kier molecular flexibility index (Phi) is 4.52. The molecular weight excluding hydrogens is 346 g/mol. The predicted molar refractivity (Wildman–Crippen MR) is 89.8 cm³/mol. The summed E-state index contributed by atoms with van der Waals surface area (Å²) in [4.78, 5) is 37.3. The summed E-state index contributed by atoms with van der Waals surface area (Å²) in [7, 11) is 1.50. The number of hydrogen-bond donors (Lipinski definition) is 0. The second kappa shape index (κ2) is 6.51. The summed E-state index contributed by atoms with van der Waals surface area (Å²) in [6, 6.07) is 1.32. The van der Waals surface area contributed by atoms with Gasteiger partial charge < -0.3 is 9.30 Å². The van der Waals surface area contributed by atoms with Crippen molar-refractivity contribution in [3.8, 4) is 5.69 Å². The number of fused-ring (bicyclic) bond motifs is 1. The third kappa shape index (κ3) is 2.85. The van der Waals surface area contributed by atoms with E-state index in [0.29, 0.717) is 34.7 Å². The first kappa shape index (κ1) is 18.0. The topological polar surface area (TPSA) is 70.3 Å². The molecule has 0 spiro atoms. The maximum Gasteiger partial charge on any atom is 0.341 e. The van der Waals surface area contributed by atoms with Crippen molar-refractivity contribution < 1.29 is 18.3 Å². The van der Waals surface area contributed by atoms with Gasteiger partial charge in [0.05, 0.1) is 17.4 Å². The Hall–Kier alpha value is -2.77. The SMILES string of the molecule is CC(C)OC(=O)c1cc(-n2c(=O)c3c(n(C)c2=O)CCC3)c(F)cc1F. The van der Waals surface area contributed by atoms with E-state index in [9.17, 15) is 23.2 Å². The van der Waals surface area contributed by atoms with E-state index in [-0.39, 0.29) is 0 Å². The van der Waals surface area contributed by atoms with Gasteiger partial charge in [0, 0.05) is 24.4 Å². The Morgan fingerprint density at radius 1 is 1.15 bits per heavy atom. The Bertz CT molecular complexity index is 1020. The summed E-state index contributed by atoms with van der Waals surface area (Å²) < 4.78 is 35.3. The van der Waals surface area contributed by atoms with Gasteiger partial charge in [-0.05, 0) is 39.2 Å². The van der Waals surface area contributed by atoms with Gasteiger partial charge in [-0.15, -0.1) is 0 Å². The fraction of sp³-hybridized carbons (Fsp3) is 0.389. The summed E-state index contributed by atoms with van der Waals surface area (Å²) in [6.45, 7) is 3.17. The molecule has 1 aromatic carbocycles. The second-order valence-corrected chi connectivity index (χ2v) is 6.50. The summed E-state index contributed by atoms with van der Waals surface area (Å²) >= 11 is 0. The molecule has 0 saturated carbocycles. The van der Waals surface area contributed by atoms with Gasteiger partial charge in [-0.2, -0.15) is 0 Å². The first-order valence-corrected chi connectivity index (χ1v) is 8.26. The zero-order valence-corrected chi connectivity index (χ0v) is 14.6. The number of hydrogen-bond acceptors (Lipinski definition) is 4. The van der Waals surface area contributed by atoms with E-state index in [1.165, 1.54) is 11.6 Å². The van der Waals surface area contributed by atoms with Crippen molar-refractivity contribution in [2.75, 3.05) is 0 Å². The van der Waals surface area contributed by atoms with Crippen LogP contribution >= 0.6 is 0 Å². The molecule has 0 N–H and O–H groups in total. The number of ether oxygens (including phenoxy) is 1. The molecule has 0 atom stereocenters. The average molecular weight is 364 g/mol. The molecule has 26 heavy (non-hydrogen) atoms. The molecule has 138 valence electrons. The van der Waals surface area contributed by atoms with Crippen molar-refractivity contribution in [2.45, 2.75) is 39.2 Å². The van der Waals surface area contributed by atoms with Crippen molar-refractivity contribution >= 4 is 5.97 Å². The zero-order valence-electron chi connectivity index (χ0n) is 14.6. The minimum atomic E-state index is -1.12. The van der Waals surface area contributed by atoms with Crippen LogP contribution in [0.4, 0.5) is 8.78 Å². The largest absolute Gasteiger partial charge is 0.459 e. The van der Waals surface area contributed by atoms with Crippen molar-refractivity contribution in [1.82, 2.24) is 9.13 Å². The predicted octanol–water partition coefficient (Wildman–Crippen LogP) is 1.87. The normalized spacial score (nSPS) is 13.2. The molecule has 6 nitrogen and oxygen atoms in total. The van der Waals surface area contributed by atoms with Crippen LogP contribution in [-0.4, -0.2) is 21.2 Å². The highest BCUT2D eigenvalue weighted by atomic mass is 19.1. The number of aromatic nitrogens is 2. The van der Waals surface area contributed by atoms with Gasteiger partial charge in [0.1, 0.15) is 11.6 Å². The van der Waals surface area contributed by atoms with Gasteiger partial charge in [-0.3, -0.25) is 4.79 Å². The standard InChI is InChI=1S/C18H18F2N2O4/c1-9(2)26-17(24)11-7-15(13(20)8-12(11)19)22-16(23)10-5-4-6-14(10)21(3)18(22)25/h7-9H,4-6H2,1-3H3. The van der Waals surface area contributed by atoms with E-state index in [1.54, 1.807) is 13.8 Å². The van der Waals surface area contributed by atoms with Crippen molar-refractivity contribution in [1.29, 1.82) is 0 Å². The number of carbonyl (C=O) groups excluding carboxylic acids is 1. The molecule has 0 bridgehead atoms. The molecule has 1 aliphatic rings. The summed E-state index contributed by atoms with van der Waals surface area (Å²) in [6.07, 6.45) is 1.29. The molecule has 1 heterocycles. The van der Waals surface area contributed by atoms with Gasteiger partial charge in [0.2, 0.25) is 0 Å². The lowest BCUT2D eigenvalue weighted by Gasteiger charge is -2.14. The van der Waals surface area contributed by atoms with E-state index in [0.717, 1.165) is 12.5 Å². The third-order valence-electron chi connectivity index (χ3n) is 4.37. The van der Waals surface area contributed by atoms with E-state index in [4.69, 9.17) is 4.74 Å². The Balaban J connectivity index is 2.26. The monoisotopic (exact) mass is 364 g/mol. The van der Waals surface area contributed by atoms with E-state index >= 15 is 0 Å². The minimum Gasteiger partial charge on any atom is -0.459 e. The van der Waals surface area contributed by atoms with Crippen molar-refractivity contribution in [3.05, 3.63) is 61.4 Å². The van der Waals surface area contributed by atoms with Crippen LogP contribution in [0, 0.1) is 11.6 Å². The quantitative estimate of drug-likeness (QED) is 0.780. The summed E-state index contributed by atoms with van der Waals surface area (Å²) in [5, 5.41) is 0. The van der Waals surface area contributed by atoms with Gasteiger partial charge in [0.25, 0.3) is 5.56 Å². The van der Waals surface area contributed by atoms with Gasteiger partial charge in [-0.1, -0.05) is 0 Å². The third-order valence-corrected chi connectivity index (χ3v) is 4.37. The number of carbonyl (C=O) groups is 1. The molecule has 0 fully saturated rings. The van der Waals surface area contributed by atoms with E-state index < -0.39 is 46.2 Å². The molecule has 2 aromatic rings. The lowest BCUT2D eigenvalue weighted by molar-refractivity contribution is 0.0372. The molecule has 8 heteroatoms. The van der Waals surface area contributed by atoms with Gasteiger partial charge >= 0.3 is 11.7 Å². The number of esters is 1. The van der Waals surface area contributed by atoms with E-state index in [2.05, 4.69) is 0 Å². The highest BCUT2D eigenvalue weighted by Gasteiger charge is 2.25. The van der Waals surface area contributed by atoms with Crippen molar-refractivity contribution in [2.24, 2.45) is 7.05 Å². The number of nitrogens with zero attached hydrogens (tertiary/aromatic N) is 2. The highest BCUT2D eigenvalue weighted by molar-refractivity contribution is 5.90. The second-order valence-electron chi connectivity index (χ2n) is 6.50. The number of benzene rings is 1. The zero-order chi connectivity index (χ0) is 19.2. The van der Waals surface area contributed by atoms with E-state index in [1.807, 2.05) is 0 Å². The summed E-state index contributed by atoms with van der Waals surface area (Å²) in [5.74, 6) is -3.23. The fourth-order valence-corrected chi connectivity index (χ4v) is 3.17. The fourth-order valence-electron chi connectivity index (χ4n) is 3.17. The smallest absolute Gasteiger partial charge is 0.341 e. The molecule has 0 aliphatic heterocycles. The summed E-state index contributed by atoms with van der Waals surface area (Å²) in [5.41, 5.74) is -1.34. The minimum absolute atomic E-state index is 0.433. The van der Waals surface area contributed by atoms with Crippen LogP contribution in [0.1, 0.15) is 41.9 Å². The van der Waals surface area contributed by atoms with Gasteiger partial charge in [-0.25, -0.2) is 22.9 Å². The first-order valence-electron chi connectivity index (χ1n) is 8.26. The van der Waals surface area contributed by atoms with Crippen LogP contribution in [0.15, 0.2) is 21.7 Å². The molecule has 3 rings (SSSR count). The molecule has 0 saturated heterocycles.